The maximum Gasteiger partial charge on any atom is 0.342 e. The second kappa shape index (κ2) is 12.7. The van der Waals surface area contributed by atoms with Crippen molar-refractivity contribution < 1.29 is 29.4 Å². The van der Waals surface area contributed by atoms with E-state index in [1.165, 1.54) is 12.5 Å². The zero-order chi connectivity index (χ0) is 23.5. The first kappa shape index (κ1) is 24.4. The summed E-state index contributed by atoms with van der Waals surface area (Å²) in [5, 5.41) is 27.3. The van der Waals surface area contributed by atoms with Crippen LogP contribution in [0.4, 0.5) is 0 Å². The number of amides is 1. The molecule has 0 bridgehead atoms. The lowest BCUT2D eigenvalue weighted by atomic mass is 9.95. The number of nitrogens with zero attached hydrogens (tertiary/aromatic N) is 1. The molecule has 1 aromatic carbocycles. The maximum atomic E-state index is 12.6. The van der Waals surface area contributed by atoms with Crippen molar-refractivity contribution in [2.45, 2.75) is 63.8 Å². The van der Waals surface area contributed by atoms with Crippen molar-refractivity contribution in [1.29, 1.82) is 0 Å². The Bertz CT molecular complexity index is 916. The smallest absolute Gasteiger partial charge is 0.342 e. The summed E-state index contributed by atoms with van der Waals surface area (Å²) in [4.78, 5) is 30.1. The van der Waals surface area contributed by atoms with Gasteiger partial charge in [-0.2, -0.15) is 0 Å². The third-order valence-corrected chi connectivity index (χ3v) is 5.60. The third-order valence-electron chi connectivity index (χ3n) is 5.60. The highest BCUT2D eigenvalue weighted by atomic mass is 16.6. The summed E-state index contributed by atoms with van der Waals surface area (Å²) < 4.78 is 5.28. The minimum Gasteiger partial charge on any atom is -0.508 e. The average molecular weight is 457 g/mol. The molecule has 1 fully saturated rings. The molecule has 0 radical (unpaired) electrons. The fourth-order valence-corrected chi connectivity index (χ4v) is 3.99. The number of rotatable bonds is 4. The first-order valence-corrected chi connectivity index (χ1v) is 11.5. The monoisotopic (exact) mass is 456 g/mol. The number of esters is 1. The molecule has 1 aliphatic heterocycles. The Kier molecular flexibility index (Phi) is 9.35. The molecule has 1 aromatic rings. The Balaban J connectivity index is 1.75. The van der Waals surface area contributed by atoms with Gasteiger partial charge in [0.1, 0.15) is 17.1 Å². The number of oxime groups is 1. The summed E-state index contributed by atoms with van der Waals surface area (Å²) in [5.41, 5.74) is 0.772. The third kappa shape index (κ3) is 7.97. The number of hydrogen-bond donors (Lipinski definition) is 3. The lowest BCUT2D eigenvalue weighted by Gasteiger charge is -2.22. The van der Waals surface area contributed by atoms with Gasteiger partial charge in [-0.3, -0.25) is 4.79 Å². The molecule has 0 atom stereocenters. The van der Waals surface area contributed by atoms with Crippen molar-refractivity contribution in [3.05, 3.63) is 47.6 Å². The van der Waals surface area contributed by atoms with E-state index in [4.69, 9.17) is 9.57 Å². The van der Waals surface area contributed by atoms with Gasteiger partial charge in [0.2, 0.25) is 0 Å². The Labute approximate surface area is 194 Å². The van der Waals surface area contributed by atoms with E-state index >= 15 is 0 Å². The summed E-state index contributed by atoms with van der Waals surface area (Å²) in [5.74, 6) is -1.45. The topological polar surface area (TPSA) is 117 Å². The second-order valence-electron chi connectivity index (χ2n) is 8.31. The highest BCUT2D eigenvalue weighted by Gasteiger charge is 2.21. The molecule has 2 aliphatic rings. The van der Waals surface area contributed by atoms with Crippen LogP contribution in [0.3, 0.4) is 0 Å². The molecule has 0 aromatic heterocycles. The molecule has 8 heteroatoms. The van der Waals surface area contributed by atoms with E-state index in [1.807, 2.05) is 18.2 Å². The van der Waals surface area contributed by atoms with Gasteiger partial charge >= 0.3 is 5.97 Å². The molecule has 1 amide bonds. The Morgan fingerprint density at radius 3 is 2.67 bits per heavy atom. The standard InChI is InChI=1S/C25H32N2O6/c28-21-15-18-14-20(27-33-17-23(30)26-19-10-7-5-8-11-19)12-6-3-1-2-4-9-13-32-25(31)24(18)22(29)16-21/h2,4,6,12,15-16,19,28-29H,1,3,5,7-11,13-14,17H2,(H,26,30)/b4-2+,12-6+,27-20+. The fraction of sp³-hybridized carbons (Fsp3) is 0.480. The lowest BCUT2D eigenvalue weighted by Crippen LogP contribution is -2.38. The van der Waals surface area contributed by atoms with Crippen molar-refractivity contribution in [3.8, 4) is 11.5 Å². The largest absolute Gasteiger partial charge is 0.508 e. The number of carbonyl (C=O) groups is 2. The number of cyclic esters (lactones) is 1. The number of nitrogens with one attached hydrogen (secondary N) is 1. The lowest BCUT2D eigenvalue weighted by molar-refractivity contribution is -0.126. The number of phenolic OH excluding ortho intramolecular Hbond substituents is 2. The van der Waals surface area contributed by atoms with Crippen LogP contribution in [0.1, 0.15) is 67.3 Å². The minimum atomic E-state index is -0.677. The summed E-state index contributed by atoms with van der Waals surface area (Å²) in [6.07, 6.45) is 15.3. The molecule has 3 N–H and O–H groups in total. The van der Waals surface area contributed by atoms with Crippen molar-refractivity contribution >= 4 is 17.6 Å². The number of aromatic hydroxyl groups is 2. The summed E-state index contributed by atoms with van der Waals surface area (Å²) in [6.45, 7) is -0.0259. The van der Waals surface area contributed by atoms with Gasteiger partial charge in [-0.25, -0.2) is 4.79 Å². The van der Waals surface area contributed by atoms with Crippen LogP contribution in [0.25, 0.3) is 0 Å². The molecule has 178 valence electrons. The number of allylic oxidation sites excluding steroid dienone is 3. The van der Waals surface area contributed by atoms with E-state index in [2.05, 4.69) is 10.5 Å². The molecule has 1 saturated carbocycles. The number of benzene rings is 1. The van der Waals surface area contributed by atoms with Gasteiger partial charge in [0.25, 0.3) is 5.91 Å². The van der Waals surface area contributed by atoms with E-state index in [0.717, 1.165) is 44.6 Å². The van der Waals surface area contributed by atoms with Gasteiger partial charge in [0.05, 0.1) is 12.3 Å². The van der Waals surface area contributed by atoms with Crippen molar-refractivity contribution in [2.24, 2.45) is 5.16 Å². The van der Waals surface area contributed by atoms with Gasteiger partial charge in [0, 0.05) is 18.5 Å². The molecular weight excluding hydrogens is 424 g/mol. The van der Waals surface area contributed by atoms with Crippen LogP contribution < -0.4 is 5.32 Å². The van der Waals surface area contributed by atoms with E-state index in [1.54, 1.807) is 6.08 Å². The quantitative estimate of drug-likeness (QED) is 0.359. The summed E-state index contributed by atoms with van der Waals surface area (Å²) in [7, 11) is 0. The Morgan fingerprint density at radius 1 is 1.09 bits per heavy atom. The number of phenols is 2. The number of fused-ring (bicyclic) bond motifs is 1. The summed E-state index contributed by atoms with van der Waals surface area (Å²) >= 11 is 0. The van der Waals surface area contributed by atoms with Crippen LogP contribution in [0, 0.1) is 0 Å². The molecule has 3 rings (SSSR count). The molecule has 1 heterocycles. The average Bonchev–Trinajstić information content (AvgIpc) is 2.77. The van der Waals surface area contributed by atoms with E-state index in [9.17, 15) is 19.8 Å². The minimum absolute atomic E-state index is 0.0232. The SMILES string of the molecule is O=C(CO/N=C1\C=C\CC/C=C/CCOC(=O)c2c(O)cc(O)cc2C1)NC1CCCCC1. The number of ether oxygens (including phenoxy) is 1. The van der Waals surface area contributed by atoms with Crippen molar-refractivity contribution in [1.82, 2.24) is 5.32 Å². The molecular formula is C25H32N2O6. The highest BCUT2D eigenvalue weighted by Crippen LogP contribution is 2.29. The molecule has 1 aliphatic carbocycles. The molecule has 33 heavy (non-hydrogen) atoms. The van der Waals surface area contributed by atoms with E-state index in [0.29, 0.717) is 17.7 Å². The van der Waals surface area contributed by atoms with Crippen LogP contribution in [-0.2, 0) is 20.8 Å². The second-order valence-corrected chi connectivity index (χ2v) is 8.31. The predicted molar refractivity (Wildman–Crippen MR) is 124 cm³/mol. The fourth-order valence-electron chi connectivity index (χ4n) is 3.99. The van der Waals surface area contributed by atoms with Crippen LogP contribution in [-0.4, -0.2) is 47.1 Å². The Hall–Kier alpha value is -3.29. The highest BCUT2D eigenvalue weighted by molar-refractivity contribution is 6.00. The van der Waals surface area contributed by atoms with E-state index in [-0.39, 0.29) is 48.6 Å². The van der Waals surface area contributed by atoms with Gasteiger partial charge < -0.3 is 25.1 Å². The number of hydrogen-bond acceptors (Lipinski definition) is 7. The van der Waals surface area contributed by atoms with Crippen LogP contribution in [0.2, 0.25) is 0 Å². The molecule has 8 nitrogen and oxygen atoms in total. The maximum absolute atomic E-state index is 12.6. The van der Waals surface area contributed by atoms with Crippen molar-refractivity contribution in [3.63, 3.8) is 0 Å². The predicted octanol–water partition coefficient (Wildman–Crippen LogP) is 3.91. The number of carbonyl (C=O) groups excluding carboxylic acids is 2. The van der Waals surface area contributed by atoms with Gasteiger partial charge in [-0.1, -0.05) is 42.6 Å². The normalized spacial score (nSPS) is 21.3. The van der Waals surface area contributed by atoms with Crippen molar-refractivity contribution in [2.75, 3.05) is 13.2 Å². The van der Waals surface area contributed by atoms with Gasteiger partial charge in [-0.05, 0) is 49.8 Å². The van der Waals surface area contributed by atoms with Crippen LogP contribution in [0.5, 0.6) is 11.5 Å². The van der Waals surface area contributed by atoms with Crippen LogP contribution >= 0.6 is 0 Å². The zero-order valence-electron chi connectivity index (χ0n) is 18.8. The van der Waals surface area contributed by atoms with Gasteiger partial charge in [0.15, 0.2) is 6.61 Å². The molecule has 0 spiro atoms. The molecule has 0 unspecified atom stereocenters. The van der Waals surface area contributed by atoms with Gasteiger partial charge in [-0.15, -0.1) is 0 Å². The van der Waals surface area contributed by atoms with E-state index < -0.39 is 5.97 Å². The van der Waals surface area contributed by atoms with Crippen LogP contribution in [0.15, 0.2) is 41.6 Å². The first-order valence-electron chi connectivity index (χ1n) is 11.5. The molecule has 0 saturated heterocycles. The zero-order valence-corrected chi connectivity index (χ0v) is 18.8. The Morgan fingerprint density at radius 2 is 1.85 bits per heavy atom. The summed E-state index contributed by atoms with van der Waals surface area (Å²) in [6, 6.07) is 2.68. The first-order chi connectivity index (χ1) is 16.0.